The largest absolute Gasteiger partial charge is 0.481 e. The van der Waals surface area contributed by atoms with Gasteiger partial charge in [0.15, 0.2) is 5.69 Å². The molecule has 0 amide bonds. The lowest BCUT2D eigenvalue weighted by Crippen LogP contribution is -2.14. The highest BCUT2D eigenvalue weighted by Gasteiger charge is 2.35. The predicted molar refractivity (Wildman–Crippen MR) is 38.4 cm³/mol. The van der Waals surface area contributed by atoms with E-state index in [-0.39, 0.29) is 0 Å². The van der Waals surface area contributed by atoms with Crippen LogP contribution >= 0.6 is 0 Å². The molecule has 0 radical (unpaired) electrons. The minimum atomic E-state index is -4.65. The van der Waals surface area contributed by atoms with E-state index >= 15 is 0 Å². The second-order valence-electron chi connectivity index (χ2n) is 2.46. The molecule has 0 bridgehead atoms. The third kappa shape index (κ3) is 2.41. The van der Waals surface area contributed by atoms with Crippen molar-refractivity contribution in [1.29, 1.82) is 0 Å². The lowest BCUT2D eigenvalue weighted by atomic mass is 10.1. The molecule has 0 spiro atoms. The van der Waals surface area contributed by atoms with Crippen molar-refractivity contribution in [1.82, 2.24) is 9.97 Å². The van der Waals surface area contributed by atoms with Gasteiger partial charge in [0.2, 0.25) is 0 Å². The van der Waals surface area contributed by atoms with Crippen LogP contribution in [0.1, 0.15) is 11.3 Å². The highest BCUT2D eigenvalue weighted by Crippen LogP contribution is 2.29. The SMILES string of the molecule is O=C(O)Cc1cncnc1C(F)(F)F. The van der Waals surface area contributed by atoms with E-state index in [0.717, 1.165) is 12.5 Å². The number of carboxylic acids is 1. The number of nitrogens with zero attached hydrogens (tertiary/aromatic N) is 2. The summed E-state index contributed by atoms with van der Waals surface area (Å²) in [7, 11) is 0. The van der Waals surface area contributed by atoms with Crippen LogP contribution in [0.2, 0.25) is 0 Å². The maximum absolute atomic E-state index is 12.2. The first-order chi connectivity index (χ1) is 6.41. The van der Waals surface area contributed by atoms with Crippen LogP contribution in [-0.2, 0) is 17.4 Å². The number of rotatable bonds is 2. The molecule has 0 unspecified atom stereocenters. The van der Waals surface area contributed by atoms with Crippen molar-refractivity contribution < 1.29 is 23.1 Å². The third-order valence-electron chi connectivity index (χ3n) is 1.40. The molecule has 0 atom stereocenters. The van der Waals surface area contributed by atoms with Crippen LogP contribution < -0.4 is 0 Å². The molecule has 0 aliphatic rings. The number of carboxylic acid groups (broad SMARTS) is 1. The van der Waals surface area contributed by atoms with Crippen molar-refractivity contribution in [2.45, 2.75) is 12.6 Å². The number of aromatic nitrogens is 2. The summed E-state index contributed by atoms with van der Waals surface area (Å²) in [5.74, 6) is -1.36. The van der Waals surface area contributed by atoms with Gasteiger partial charge in [0.1, 0.15) is 6.33 Å². The van der Waals surface area contributed by atoms with Crippen LogP contribution in [0, 0.1) is 0 Å². The molecule has 7 heteroatoms. The van der Waals surface area contributed by atoms with Crippen LogP contribution in [0.15, 0.2) is 12.5 Å². The molecule has 14 heavy (non-hydrogen) atoms. The summed E-state index contributed by atoms with van der Waals surface area (Å²) in [6, 6.07) is 0. The fourth-order valence-corrected chi connectivity index (χ4v) is 0.906. The van der Waals surface area contributed by atoms with E-state index in [2.05, 4.69) is 9.97 Å². The number of halogens is 3. The van der Waals surface area contributed by atoms with Gasteiger partial charge in [-0.15, -0.1) is 0 Å². The molecule has 76 valence electrons. The fourth-order valence-electron chi connectivity index (χ4n) is 0.906. The van der Waals surface area contributed by atoms with Gasteiger partial charge in [-0.2, -0.15) is 13.2 Å². The van der Waals surface area contributed by atoms with Gasteiger partial charge >= 0.3 is 12.1 Å². The summed E-state index contributed by atoms with van der Waals surface area (Å²) >= 11 is 0. The number of alkyl halides is 3. The monoisotopic (exact) mass is 206 g/mol. The maximum atomic E-state index is 12.2. The lowest BCUT2D eigenvalue weighted by molar-refractivity contribution is -0.142. The number of aliphatic carboxylic acids is 1. The smallest absolute Gasteiger partial charge is 0.433 e. The first-order valence-corrected chi connectivity index (χ1v) is 3.49. The van der Waals surface area contributed by atoms with E-state index < -0.39 is 29.8 Å². The average molecular weight is 206 g/mol. The minimum Gasteiger partial charge on any atom is -0.481 e. The van der Waals surface area contributed by atoms with Gasteiger partial charge in [-0.3, -0.25) is 4.79 Å². The van der Waals surface area contributed by atoms with Gasteiger partial charge < -0.3 is 5.11 Å². The fraction of sp³-hybridized carbons (Fsp3) is 0.286. The zero-order chi connectivity index (χ0) is 10.8. The van der Waals surface area contributed by atoms with Crippen molar-refractivity contribution in [2.24, 2.45) is 0 Å². The van der Waals surface area contributed by atoms with Crippen LogP contribution in [0.4, 0.5) is 13.2 Å². The van der Waals surface area contributed by atoms with Crippen LogP contribution in [0.3, 0.4) is 0 Å². The Bertz CT molecular complexity index is 351. The summed E-state index contributed by atoms with van der Waals surface area (Å²) < 4.78 is 36.6. The Labute approximate surface area is 76.4 Å². The van der Waals surface area contributed by atoms with Crippen LogP contribution in [0.25, 0.3) is 0 Å². The molecule has 4 nitrogen and oxygen atoms in total. The maximum Gasteiger partial charge on any atom is 0.433 e. The van der Waals surface area contributed by atoms with Crippen LogP contribution in [0.5, 0.6) is 0 Å². The molecule has 0 aliphatic carbocycles. The van der Waals surface area contributed by atoms with E-state index in [1.54, 1.807) is 0 Å². The first kappa shape index (κ1) is 10.4. The number of hydrogen-bond donors (Lipinski definition) is 1. The Morgan fingerprint density at radius 1 is 1.50 bits per heavy atom. The zero-order valence-corrected chi connectivity index (χ0v) is 6.75. The van der Waals surface area contributed by atoms with Crippen molar-refractivity contribution in [3.05, 3.63) is 23.8 Å². The predicted octanol–water partition coefficient (Wildman–Crippen LogP) is 1.12. The summed E-state index contributed by atoms with van der Waals surface area (Å²) in [5, 5.41) is 8.33. The average Bonchev–Trinajstić information content (AvgIpc) is 2.01. The highest BCUT2D eigenvalue weighted by molar-refractivity contribution is 5.70. The molecule has 1 rings (SSSR count). The molecule has 1 aromatic heterocycles. The van der Waals surface area contributed by atoms with Crippen molar-refractivity contribution in [3.63, 3.8) is 0 Å². The van der Waals surface area contributed by atoms with E-state index in [1.807, 2.05) is 0 Å². The molecule has 0 aliphatic heterocycles. The number of hydrogen-bond acceptors (Lipinski definition) is 3. The minimum absolute atomic E-state index is 0.437. The van der Waals surface area contributed by atoms with Gasteiger partial charge in [-0.05, 0) is 0 Å². The second-order valence-corrected chi connectivity index (χ2v) is 2.46. The van der Waals surface area contributed by atoms with E-state index in [4.69, 9.17) is 5.11 Å². The van der Waals surface area contributed by atoms with Gasteiger partial charge in [0.25, 0.3) is 0 Å². The van der Waals surface area contributed by atoms with Crippen LogP contribution in [-0.4, -0.2) is 21.0 Å². The Hall–Kier alpha value is -1.66. The van der Waals surface area contributed by atoms with E-state index in [1.165, 1.54) is 0 Å². The molecule has 0 aromatic carbocycles. The normalized spacial score (nSPS) is 11.4. The van der Waals surface area contributed by atoms with Crippen molar-refractivity contribution >= 4 is 5.97 Å². The van der Waals surface area contributed by atoms with Gasteiger partial charge in [-0.25, -0.2) is 9.97 Å². The topological polar surface area (TPSA) is 63.1 Å². The summed E-state index contributed by atoms with van der Waals surface area (Å²) in [6.07, 6.45) is -3.80. The summed E-state index contributed by atoms with van der Waals surface area (Å²) in [4.78, 5) is 16.6. The van der Waals surface area contributed by atoms with Gasteiger partial charge in [0.05, 0.1) is 6.42 Å². The Balaban J connectivity index is 3.10. The van der Waals surface area contributed by atoms with E-state index in [0.29, 0.717) is 0 Å². The molecule has 1 aromatic rings. The van der Waals surface area contributed by atoms with E-state index in [9.17, 15) is 18.0 Å². The summed E-state index contributed by atoms with van der Waals surface area (Å²) in [5.41, 5.74) is -1.64. The summed E-state index contributed by atoms with van der Waals surface area (Å²) in [6.45, 7) is 0. The van der Waals surface area contributed by atoms with Gasteiger partial charge in [-0.1, -0.05) is 0 Å². The van der Waals surface area contributed by atoms with Crippen molar-refractivity contribution in [3.8, 4) is 0 Å². The quantitative estimate of drug-likeness (QED) is 0.787. The van der Waals surface area contributed by atoms with Gasteiger partial charge in [0, 0.05) is 11.8 Å². The Morgan fingerprint density at radius 3 is 2.64 bits per heavy atom. The Morgan fingerprint density at radius 2 is 2.14 bits per heavy atom. The molecule has 0 saturated carbocycles. The first-order valence-electron chi connectivity index (χ1n) is 3.49. The molecule has 0 saturated heterocycles. The Kier molecular flexibility index (Phi) is 2.68. The highest BCUT2D eigenvalue weighted by atomic mass is 19.4. The molecular weight excluding hydrogens is 201 g/mol. The lowest BCUT2D eigenvalue weighted by Gasteiger charge is -2.08. The molecule has 1 heterocycles. The molecule has 1 N–H and O–H groups in total. The molecule has 0 fully saturated rings. The van der Waals surface area contributed by atoms with Crippen molar-refractivity contribution in [2.75, 3.05) is 0 Å². The molecular formula is C7H5F3N2O2. The standard InChI is InChI=1S/C7H5F3N2O2/c8-7(9,10)6-4(1-5(13)14)2-11-3-12-6/h2-3H,1H2,(H,13,14). The number of carbonyl (C=O) groups is 1. The third-order valence-corrected chi connectivity index (χ3v) is 1.40. The second kappa shape index (κ2) is 3.60. The zero-order valence-electron chi connectivity index (χ0n) is 6.75.